The number of ketones is 1. The van der Waals surface area contributed by atoms with Crippen LogP contribution in [0.3, 0.4) is 0 Å². The SMILES string of the molecule is Cn1cc2c3c1C(=O)C=CC3=[N+](C)CC2. The van der Waals surface area contributed by atoms with Gasteiger partial charge in [-0.25, -0.2) is 4.58 Å². The second-order valence-corrected chi connectivity index (χ2v) is 4.24. The number of allylic oxidation sites excluding steroid dienone is 2. The second-order valence-electron chi connectivity index (χ2n) is 4.24. The van der Waals surface area contributed by atoms with E-state index in [2.05, 4.69) is 17.8 Å². The molecule has 1 aromatic rings. The molecule has 0 spiro atoms. The molecule has 3 nitrogen and oxygen atoms in total. The molecule has 0 fully saturated rings. The summed E-state index contributed by atoms with van der Waals surface area (Å²) in [5, 5.41) is 0. The van der Waals surface area contributed by atoms with E-state index in [9.17, 15) is 4.79 Å². The molecule has 76 valence electrons. The summed E-state index contributed by atoms with van der Waals surface area (Å²) in [7, 11) is 4.03. The maximum Gasteiger partial charge on any atom is 0.209 e. The van der Waals surface area contributed by atoms with E-state index in [0.29, 0.717) is 0 Å². The summed E-state index contributed by atoms with van der Waals surface area (Å²) in [5.74, 6) is 0.123. The molecule has 0 saturated heterocycles. The van der Waals surface area contributed by atoms with Crippen LogP contribution in [0, 0.1) is 0 Å². The molecule has 15 heavy (non-hydrogen) atoms. The lowest BCUT2D eigenvalue weighted by Gasteiger charge is -2.14. The van der Waals surface area contributed by atoms with Gasteiger partial charge in [0.15, 0.2) is 0 Å². The Balaban J connectivity index is 2.40. The van der Waals surface area contributed by atoms with Crippen molar-refractivity contribution in [1.29, 1.82) is 0 Å². The molecule has 0 atom stereocenters. The minimum Gasteiger partial charge on any atom is -0.347 e. The highest BCUT2D eigenvalue weighted by molar-refractivity contribution is 6.22. The van der Waals surface area contributed by atoms with Crippen molar-refractivity contribution in [2.75, 3.05) is 13.6 Å². The molecule has 1 aliphatic heterocycles. The van der Waals surface area contributed by atoms with Crippen LogP contribution in [0.2, 0.25) is 0 Å². The van der Waals surface area contributed by atoms with Crippen LogP contribution in [0.4, 0.5) is 0 Å². The highest BCUT2D eigenvalue weighted by atomic mass is 16.1. The standard InChI is InChI=1S/C12H13N2O/c1-13-6-5-8-7-14(2)12-10(15)4-3-9(13)11(8)12/h3-4,7H,5-6H2,1-2H3/q+1. The van der Waals surface area contributed by atoms with Crippen LogP contribution >= 0.6 is 0 Å². The van der Waals surface area contributed by atoms with Crippen LogP contribution in [0.1, 0.15) is 21.6 Å². The smallest absolute Gasteiger partial charge is 0.209 e. The van der Waals surface area contributed by atoms with E-state index >= 15 is 0 Å². The zero-order chi connectivity index (χ0) is 10.6. The molecule has 3 rings (SSSR count). The summed E-state index contributed by atoms with van der Waals surface area (Å²) in [4.78, 5) is 11.8. The van der Waals surface area contributed by atoms with E-state index in [4.69, 9.17) is 0 Å². The maximum absolute atomic E-state index is 11.8. The van der Waals surface area contributed by atoms with Crippen LogP contribution in [0.15, 0.2) is 18.3 Å². The molecule has 0 saturated carbocycles. The quantitative estimate of drug-likeness (QED) is 0.569. The summed E-state index contributed by atoms with van der Waals surface area (Å²) in [6.07, 6.45) is 6.73. The van der Waals surface area contributed by atoms with E-state index in [1.165, 1.54) is 11.3 Å². The fourth-order valence-electron chi connectivity index (χ4n) is 2.51. The third kappa shape index (κ3) is 1.00. The number of likely N-dealkylation sites (N-methyl/N-ethyl adjacent to an activating group) is 1. The highest BCUT2D eigenvalue weighted by Crippen LogP contribution is 2.25. The van der Waals surface area contributed by atoms with E-state index in [0.717, 1.165) is 24.2 Å². The fraction of sp³-hybridized carbons (Fsp3) is 0.333. The van der Waals surface area contributed by atoms with Crippen LogP contribution in [0.5, 0.6) is 0 Å². The van der Waals surface area contributed by atoms with Gasteiger partial charge in [0.05, 0.1) is 5.56 Å². The number of hydrogen-bond acceptors (Lipinski definition) is 1. The number of aromatic nitrogens is 1. The molecule has 0 radical (unpaired) electrons. The Morgan fingerprint density at radius 2 is 2.20 bits per heavy atom. The molecule has 0 bridgehead atoms. The number of carbonyl (C=O) groups is 1. The van der Waals surface area contributed by atoms with E-state index < -0.39 is 0 Å². The average Bonchev–Trinajstić information content (AvgIpc) is 2.54. The van der Waals surface area contributed by atoms with Crippen LogP contribution in [-0.4, -0.2) is 34.2 Å². The number of rotatable bonds is 0. The number of carbonyl (C=O) groups excluding carboxylic acids is 1. The molecule has 2 aliphatic rings. The summed E-state index contributed by atoms with van der Waals surface area (Å²) in [5.41, 5.74) is 4.48. The molecule has 1 aliphatic carbocycles. The Labute approximate surface area is 88.3 Å². The molecule has 0 N–H and O–H groups in total. The lowest BCUT2D eigenvalue weighted by Crippen LogP contribution is -2.28. The Hall–Kier alpha value is -1.64. The third-order valence-electron chi connectivity index (χ3n) is 3.27. The molecular weight excluding hydrogens is 188 g/mol. The van der Waals surface area contributed by atoms with Gasteiger partial charge in [0.1, 0.15) is 19.3 Å². The predicted molar refractivity (Wildman–Crippen MR) is 57.7 cm³/mol. The van der Waals surface area contributed by atoms with Gasteiger partial charge < -0.3 is 4.57 Å². The third-order valence-corrected chi connectivity index (χ3v) is 3.27. The molecule has 3 heteroatoms. The zero-order valence-electron chi connectivity index (χ0n) is 8.95. The van der Waals surface area contributed by atoms with Gasteiger partial charge in [-0.05, 0) is 11.6 Å². The summed E-state index contributed by atoms with van der Waals surface area (Å²) in [6, 6.07) is 0. The zero-order valence-corrected chi connectivity index (χ0v) is 8.95. The number of nitrogens with zero attached hydrogens (tertiary/aromatic N) is 2. The highest BCUT2D eigenvalue weighted by Gasteiger charge is 2.32. The molecule has 0 unspecified atom stereocenters. The summed E-state index contributed by atoms with van der Waals surface area (Å²) >= 11 is 0. The Bertz CT molecular complexity index is 532. The minimum atomic E-state index is 0.123. The maximum atomic E-state index is 11.8. The van der Waals surface area contributed by atoms with Crippen LogP contribution in [-0.2, 0) is 13.5 Å². The number of hydrogen-bond donors (Lipinski definition) is 0. The van der Waals surface area contributed by atoms with Gasteiger partial charge in [-0.1, -0.05) is 0 Å². The van der Waals surface area contributed by atoms with Crippen molar-refractivity contribution in [3.63, 3.8) is 0 Å². The second kappa shape index (κ2) is 2.69. The van der Waals surface area contributed by atoms with Crippen molar-refractivity contribution in [2.45, 2.75) is 6.42 Å². The van der Waals surface area contributed by atoms with Gasteiger partial charge in [-0.2, -0.15) is 0 Å². The molecule has 0 amide bonds. The Morgan fingerprint density at radius 3 is 3.00 bits per heavy atom. The summed E-state index contributed by atoms with van der Waals surface area (Å²) in [6.45, 7) is 1.03. The largest absolute Gasteiger partial charge is 0.347 e. The van der Waals surface area contributed by atoms with E-state index in [-0.39, 0.29) is 5.78 Å². The predicted octanol–water partition coefficient (Wildman–Crippen LogP) is 0.765. The van der Waals surface area contributed by atoms with E-state index in [1.807, 2.05) is 17.7 Å². The monoisotopic (exact) mass is 201 g/mol. The van der Waals surface area contributed by atoms with Crippen LogP contribution in [0.25, 0.3) is 0 Å². The van der Waals surface area contributed by atoms with Gasteiger partial charge in [-0.3, -0.25) is 4.79 Å². The lowest BCUT2D eigenvalue weighted by molar-refractivity contribution is -0.497. The first-order chi connectivity index (χ1) is 7.18. The fourth-order valence-corrected chi connectivity index (χ4v) is 2.51. The van der Waals surface area contributed by atoms with Crippen molar-refractivity contribution in [3.8, 4) is 0 Å². The van der Waals surface area contributed by atoms with Crippen molar-refractivity contribution < 1.29 is 9.37 Å². The minimum absolute atomic E-state index is 0.123. The topological polar surface area (TPSA) is 25.0 Å². The normalized spacial score (nSPS) is 18.4. The lowest BCUT2D eigenvalue weighted by atomic mass is 9.93. The molecule has 0 aromatic carbocycles. The van der Waals surface area contributed by atoms with Crippen molar-refractivity contribution in [3.05, 3.63) is 35.2 Å². The van der Waals surface area contributed by atoms with Gasteiger partial charge in [0.2, 0.25) is 11.5 Å². The number of aryl methyl sites for hydroxylation is 1. The molecule has 2 heterocycles. The van der Waals surface area contributed by atoms with Gasteiger partial charge in [-0.15, -0.1) is 0 Å². The van der Waals surface area contributed by atoms with Gasteiger partial charge in [0.25, 0.3) is 0 Å². The van der Waals surface area contributed by atoms with Crippen LogP contribution < -0.4 is 0 Å². The van der Waals surface area contributed by atoms with Gasteiger partial charge >= 0.3 is 0 Å². The molecule has 1 aromatic heterocycles. The van der Waals surface area contributed by atoms with Gasteiger partial charge in [0, 0.05) is 25.7 Å². The van der Waals surface area contributed by atoms with Crippen molar-refractivity contribution >= 4 is 11.5 Å². The summed E-state index contributed by atoms with van der Waals surface area (Å²) < 4.78 is 4.17. The Kier molecular flexibility index (Phi) is 1.55. The first-order valence-electron chi connectivity index (χ1n) is 5.17. The van der Waals surface area contributed by atoms with Crippen molar-refractivity contribution in [2.24, 2.45) is 7.05 Å². The first-order valence-corrected chi connectivity index (χ1v) is 5.17. The average molecular weight is 201 g/mol. The first kappa shape index (κ1) is 8.65. The van der Waals surface area contributed by atoms with Crippen molar-refractivity contribution in [1.82, 2.24) is 4.57 Å². The van der Waals surface area contributed by atoms with E-state index in [1.54, 1.807) is 6.08 Å². The Morgan fingerprint density at radius 1 is 1.40 bits per heavy atom. The molecular formula is C12H13N2O+.